The van der Waals surface area contributed by atoms with Gasteiger partial charge >= 0.3 is 0 Å². The van der Waals surface area contributed by atoms with E-state index >= 15 is 0 Å². The molecule has 1 aromatic rings. The van der Waals surface area contributed by atoms with E-state index in [-0.39, 0.29) is 5.95 Å². The quantitative estimate of drug-likeness (QED) is 0.626. The first-order valence-corrected chi connectivity index (χ1v) is 3.59. The normalized spacial score (nSPS) is 10.0. The fourth-order valence-electron chi connectivity index (χ4n) is 0.722. The topological polar surface area (TPSA) is 77.8 Å². The summed E-state index contributed by atoms with van der Waals surface area (Å²) in [4.78, 5) is 7.55. The molecular formula is C6H9ClN4. The smallest absolute Gasteiger partial charge is 0.221 e. The third-order valence-electron chi connectivity index (χ3n) is 1.24. The van der Waals surface area contributed by atoms with Gasteiger partial charge in [0.25, 0.3) is 0 Å². The van der Waals surface area contributed by atoms with Crippen LogP contribution in [-0.4, -0.2) is 16.5 Å². The van der Waals surface area contributed by atoms with Gasteiger partial charge in [0, 0.05) is 11.8 Å². The van der Waals surface area contributed by atoms with Crippen LogP contribution in [0.2, 0.25) is 5.15 Å². The number of hydrogen-bond acceptors (Lipinski definition) is 4. The van der Waals surface area contributed by atoms with Crippen LogP contribution in [0.4, 0.5) is 5.95 Å². The molecule has 0 aromatic carbocycles. The zero-order chi connectivity index (χ0) is 8.27. The lowest BCUT2D eigenvalue weighted by Crippen LogP contribution is -2.05. The van der Waals surface area contributed by atoms with Crippen molar-refractivity contribution in [3.8, 4) is 0 Å². The average Bonchev–Trinajstić information content (AvgIpc) is 1.95. The zero-order valence-electron chi connectivity index (χ0n) is 5.92. The van der Waals surface area contributed by atoms with Crippen molar-refractivity contribution >= 4 is 17.5 Å². The molecule has 0 amide bonds. The third-order valence-corrected chi connectivity index (χ3v) is 1.57. The van der Waals surface area contributed by atoms with Gasteiger partial charge in [0.15, 0.2) is 0 Å². The highest BCUT2D eigenvalue weighted by Crippen LogP contribution is 2.12. The summed E-state index contributed by atoms with van der Waals surface area (Å²) in [6.45, 7) is 0.535. The van der Waals surface area contributed by atoms with Crippen molar-refractivity contribution in [1.29, 1.82) is 0 Å². The first-order valence-electron chi connectivity index (χ1n) is 3.21. The number of nitrogen functional groups attached to an aromatic ring is 1. The molecule has 1 aromatic heterocycles. The van der Waals surface area contributed by atoms with Crippen molar-refractivity contribution in [3.05, 3.63) is 16.9 Å². The lowest BCUT2D eigenvalue weighted by molar-refractivity contribution is 0.944. The molecule has 0 spiro atoms. The summed E-state index contributed by atoms with van der Waals surface area (Å²) in [6.07, 6.45) is 2.27. The Bertz CT molecular complexity index is 250. The van der Waals surface area contributed by atoms with Gasteiger partial charge in [-0.25, -0.2) is 9.97 Å². The van der Waals surface area contributed by atoms with Gasteiger partial charge in [-0.05, 0) is 13.0 Å². The van der Waals surface area contributed by atoms with Gasteiger partial charge in [-0.15, -0.1) is 0 Å². The van der Waals surface area contributed by atoms with Crippen molar-refractivity contribution in [3.63, 3.8) is 0 Å². The third kappa shape index (κ3) is 2.03. The second-order valence-electron chi connectivity index (χ2n) is 2.08. The Morgan fingerprint density at radius 1 is 1.55 bits per heavy atom. The maximum absolute atomic E-state index is 5.72. The highest BCUT2D eigenvalue weighted by molar-refractivity contribution is 6.30. The van der Waals surface area contributed by atoms with Crippen LogP contribution in [0.25, 0.3) is 0 Å². The Kier molecular flexibility index (Phi) is 2.62. The molecule has 0 aliphatic carbocycles. The molecule has 0 aliphatic rings. The van der Waals surface area contributed by atoms with E-state index in [1.54, 1.807) is 6.20 Å². The summed E-state index contributed by atoms with van der Waals surface area (Å²) in [5, 5.41) is 0.392. The van der Waals surface area contributed by atoms with Crippen molar-refractivity contribution in [2.45, 2.75) is 6.42 Å². The van der Waals surface area contributed by atoms with E-state index in [9.17, 15) is 0 Å². The van der Waals surface area contributed by atoms with Gasteiger partial charge in [-0.3, -0.25) is 0 Å². The lowest BCUT2D eigenvalue weighted by Gasteiger charge is -1.99. The zero-order valence-corrected chi connectivity index (χ0v) is 6.67. The molecule has 11 heavy (non-hydrogen) atoms. The number of halogens is 1. The molecule has 0 fully saturated rings. The van der Waals surface area contributed by atoms with E-state index in [1.807, 2.05) is 0 Å². The number of nitrogens with two attached hydrogens (primary N) is 2. The van der Waals surface area contributed by atoms with Crippen molar-refractivity contribution in [2.75, 3.05) is 12.3 Å². The predicted octanol–water partition coefficient (Wildman–Crippen LogP) is 0.213. The van der Waals surface area contributed by atoms with Crippen LogP contribution in [0.1, 0.15) is 5.56 Å². The fourth-order valence-corrected chi connectivity index (χ4v) is 0.952. The minimum absolute atomic E-state index is 0.191. The molecule has 0 saturated heterocycles. The molecule has 1 rings (SSSR count). The Labute approximate surface area is 69.6 Å². The minimum Gasteiger partial charge on any atom is -0.368 e. The molecule has 0 saturated carbocycles. The van der Waals surface area contributed by atoms with Gasteiger partial charge in [0.2, 0.25) is 5.95 Å². The molecule has 0 radical (unpaired) electrons. The van der Waals surface area contributed by atoms with Crippen LogP contribution >= 0.6 is 11.6 Å². The maximum Gasteiger partial charge on any atom is 0.221 e. The summed E-state index contributed by atoms with van der Waals surface area (Å²) in [5.74, 6) is 0.191. The van der Waals surface area contributed by atoms with Gasteiger partial charge in [0.05, 0.1) is 0 Å². The van der Waals surface area contributed by atoms with E-state index in [0.29, 0.717) is 18.1 Å². The van der Waals surface area contributed by atoms with Gasteiger partial charge in [-0.2, -0.15) is 0 Å². The second-order valence-corrected chi connectivity index (χ2v) is 2.44. The van der Waals surface area contributed by atoms with Crippen LogP contribution in [0.15, 0.2) is 6.20 Å². The largest absolute Gasteiger partial charge is 0.368 e. The van der Waals surface area contributed by atoms with Crippen LogP contribution in [0, 0.1) is 0 Å². The van der Waals surface area contributed by atoms with E-state index in [1.165, 1.54) is 0 Å². The minimum atomic E-state index is 0.191. The Hall–Kier alpha value is -0.870. The van der Waals surface area contributed by atoms with Crippen molar-refractivity contribution in [2.24, 2.45) is 5.73 Å². The summed E-state index contributed by atoms with van der Waals surface area (Å²) in [7, 11) is 0. The molecule has 4 N–H and O–H groups in total. The van der Waals surface area contributed by atoms with Crippen LogP contribution in [0.3, 0.4) is 0 Å². The maximum atomic E-state index is 5.72. The Morgan fingerprint density at radius 2 is 2.27 bits per heavy atom. The van der Waals surface area contributed by atoms with E-state index in [4.69, 9.17) is 23.1 Å². The number of anilines is 1. The van der Waals surface area contributed by atoms with Gasteiger partial charge in [0.1, 0.15) is 5.15 Å². The molecular weight excluding hydrogens is 164 g/mol. The highest BCUT2D eigenvalue weighted by Gasteiger charge is 2.00. The average molecular weight is 173 g/mol. The SMILES string of the molecule is NCCc1cnc(N)nc1Cl. The Balaban J connectivity index is 2.90. The summed E-state index contributed by atoms with van der Waals surface area (Å²) in [6, 6.07) is 0. The summed E-state index contributed by atoms with van der Waals surface area (Å²) in [5.41, 5.74) is 11.4. The second kappa shape index (κ2) is 3.50. The summed E-state index contributed by atoms with van der Waals surface area (Å²) < 4.78 is 0. The molecule has 4 nitrogen and oxygen atoms in total. The number of rotatable bonds is 2. The summed E-state index contributed by atoms with van der Waals surface area (Å²) >= 11 is 5.72. The monoisotopic (exact) mass is 172 g/mol. The van der Waals surface area contributed by atoms with E-state index in [0.717, 1.165) is 5.56 Å². The number of aromatic nitrogens is 2. The van der Waals surface area contributed by atoms with E-state index < -0.39 is 0 Å². The highest BCUT2D eigenvalue weighted by atomic mass is 35.5. The van der Waals surface area contributed by atoms with Crippen molar-refractivity contribution < 1.29 is 0 Å². The Morgan fingerprint density at radius 3 is 2.82 bits per heavy atom. The number of hydrogen-bond donors (Lipinski definition) is 2. The van der Waals surface area contributed by atoms with Crippen LogP contribution in [0.5, 0.6) is 0 Å². The van der Waals surface area contributed by atoms with Crippen molar-refractivity contribution in [1.82, 2.24) is 9.97 Å². The molecule has 0 aliphatic heterocycles. The fraction of sp³-hybridized carbons (Fsp3) is 0.333. The molecule has 0 atom stereocenters. The number of nitrogens with zero attached hydrogens (tertiary/aromatic N) is 2. The first-order chi connectivity index (χ1) is 5.24. The van der Waals surface area contributed by atoms with E-state index in [2.05, 4.69) is 9.97 Å². The standard InChI is InChI=1S/C6H9ClN4/c7-5-4(1-2-8)3-10-6(9)11-5/h3H,1-2,8H2,(H2,9,10,11). The van der Waals surface area contributed by atoms with Crippen LogP contribution in [-0.2, 0) is 6.42 Å². The first kappa shape index (κ1) is 8.23. The van der Waals surface area contributed by atoms with Crippen LogP contribution < -0.4 is 11.5 Å². The molecule has 60 valence electrons. The molecule has 0 bridgehead atoms. The molecule has 5 heteroatoms. The van der Waals surface area contributed by atoms with Gasteiger partial charge < -0.3 is 11.5 Å². The predicted molar refractivity (Wildman–Crippen MR) is 44.2 cm³/mol. The molecule has 1 heterocycles. The molecule has 0 unspecified atom stereocenters. The lowest BCUT2D eigenvalue weighted by atomic mass is 10.2. The van der Waals surface area contributed by atoms with Gasteiger partial charge in [-0.1, -0.05) is 11.6 Å².